The number of aromatic amines is 1. The van der Waals surface area contributed by atoms with Gasteiger partial charge in [0.25, 0.3) is 0 Å². The number of rotatable bonds is 5. The van der Waals surface area contributed by atoms with Gasteiger partial charge in [-0.3, -0.25) is 0 Å². The standard InChI is InChI=1S/C12H19N3O3S/c1-7-5-9(10(13-7)11(16)17)14-12(18)15(3)8(2)6-19-4/h5,8,13H,6H2,1-4H3,(H,14,18)(H,16,17). The Hall–Kier alpha value is -1.63. The molecule has 2 amide bonds. The number of nitrogens with one attached hydrogen (secondary N) is 2. The third kappa shape index (κ3) is 3.92. The lowest BCUT2D eigenvalue weighted by Gasteiger charge is -2.24. The summed E-state index contributed by atoms with van der Waals surface area (Å²) in [5, 5.41) is 11.6. The molecule has 0 bridgehead atoms. The van der Waals surface area contributed by atoms with E-state index < -0.39 is 5.97 Å². The molecule has 0 aromatic carbocycles. The number of carbonyl (C=O) groups excluding carboxylic acids is 1. The molecule has 1 aromatic heterocycles. The summed E-state index contributed by atoms with van der Waals surface area (Å²) in [6.45, 7) is 3.68. The molecule has 0 saturated carbocycles. The molecular formula is C12H19N3O3S. The van der Waals surface area contributed by atoms with Crippen molar-refractivity contribution in [1.29, 1.82) is 0 Å². The van der Waals surface area contributed by atoms with Crippen LogP contribution in [-0.4, -0.2) is 52.1 Å². The van der Waals surface area contributed by atoms with Gasteiger partial charge in [-0.2, -0.15) is 11.8 Å². The van der Waals surface area contributed by atoms with Crippen molar-refractivity contribution in [2.75, 3.05) is 24.4 Å². The van der Waals surface area contributed by atoms with E-state index in [0.29, 0.717) is 11.4 Å². The Balaban J connectivity index is 2.79. The number of nitrogens with zero attached hydrogens (tertiary/aromatic N) is 1. The van der Waals surface area contributed by atoms with E-state index in [1.54, 1.807) is 36.7 Å². The number of urea groups is 1. The third-order valence-corrected chi connectivity index (χ3v) is 3.61. The summed E-state index contributed by atoms with van der Waals surface area (Å²) in [6, 6.07) is 1.36. The highest BCUT2D eigenvalue weighted by Gasteiger charge is 2.19. The van der Waals surface area contributed by atoms with E-state index in [-0.39, 0.29) is 17.8 Å². The van der Waals surface area contributed by atoms with Crippen LogP contribution in [0.1, 0.15) is 23.1 Å². The Morgan fingerprint density at radius 2 is 2.21 bits per heavy atom. The summed E-state index contributed by atoms with van der Waals surface area (Å²) >= 11 is 1.65. The van der Waals surface area contributed by atoms with Crippen molar-refractivity contribution in [3.8, 4) is 0 Å². The first kappa shape index (κ1) is 15.4. The molecule has 7 heteroatoms. The van der Waals surface area contributed by atoms with Gasteiger partial charge in [-0.05, 0) is 26.2 Å². The van der Waals surface area contributed by atoms with Crippen LogP contribution >= 0.6 is 11.8 Å². The number of aromatic carboxylic acids is 1. The van der Waals surface area contributed by atoms with Gasteiger partial charge < -0.3 is 20.3 Å². The molecule has 1 atom stereocenters. The fourth-order valence-corrected chi connectivity index (χ4v) is 2.32. The minimum Gasteiger partial charge on any atom is -0.477 e. The second-order valence-electron chi connectivity index (χ2n) is 4.39. The zero-order chi connectivity index (χ0) is 14.6. The fourth-order valence-electron chi connectivity index (χ4n) is 1.61. The van der Waals surface area contributed by atoms with Crippen LogP contribution in [0.3, 0.4) is 0 Å². The lowest BCUT2D eigenvalue weighted by molar-refractivity contribution is 0.0692. The molecule has 1 aromatic rings. The smallest absolute Gasteiger partial charge is 0.354 e. The molecule has 19 heavy (non-hydrogen) atoms. The molecule has 6 nitrogen and oxygen atoms in total. The van der Waals surface area contributed by atoms with Gasteiger partial charge >= 0.3 is 12.0 Å². The highest BCUT2D eigenvalue weighted by atomic mass is 32.2. The molecule has 106 valence electrons. The Labute approximate surface area is 116 Å². The van der Waals surface area contributed by atoms with Crippen LogP contribution in [0.15, 0.2) is 6.07 Å². The number of thioether (sulfide) groups is 1. The van der Waals surface area contributed by atoms with Gasteiger partial charge in [0.2, 0.25) is 0 Å². The van der Waals surface area contributed by atoms with E-state index in [2.05, 4.69) is 10.3 Å². The van der Waals surface area contributed by atoms with Gasteiger partial charge in [0.1, 0.15) is 5.69 Å². The Morgan fingerprint density at radius 3 is 2.74 bits per heavy atom. The molecule has 0 aliphatic carbocycles. The second kappa shape index (κ2) is 6.51. The monoisotopic (exact) mass is 285 g/mol. The van der Waals surface area contributed by atoms with E-state index >= 15 is 0 Å². The predicted molar refractivity (Wildman–Crippen MR) is 77.1 cm³/mol. The van der Waals surface area contributed by atoms with Crippen LogP contribution in [-0.2, 0) is 0 Å². The molecule has 0 saturated heterocycles. The van der Waals surface area contributed by atoms with Crippen LogP contribution in [0.4, 0.5) is 10.5 Å². The molecule has 0 fully saturated rings. The molecule has 0 spiro atoms. The maximum atomic E-state index is 12.0. The average Bonchev–Trinajstić information content (AvgIpc) is 2.69. The normalized spacial score (nSPS) is 12.0. The maximum absolute atomic E-state index is 12.0. The Kier molecular flexibility index (Phi) is 5.29. The van der Waals surface area contributed by atoms with Crippen molar-refractivity contribution < 1.29 is 14.7 Å². The van der Waals surface area contributed by atoms with Gasteiger partial charge in [0.05, 0.1) is 5.69 Å². The summed E-state index contributed by atoms with van der Waals surface area (Å²) in [4.78, 5) is 27.3. The van der Waals surface area contributed by atoms with E-state index in [1.165, 1.54) is 0 Å². The lowest BCUT2D eigenvalue weighted by atomic mass is 10.3. The fraction of sp³-hybridized carbons (Fsp3) is 0.500. The first-order valence-electron chi connectivity index (χ1n) is 5.82. The van der Waals surface area contributed by atoms with E-state index in [9.17, 15) is 9.59 Å². The van der Waals surface area contributed by atoms with Crippen molar-refractivity contribution in [2.45, 2.75) is 19.9 Å². The van der Waals surface area contributed by atoms with E-state index in [4.69, 9.17) is 5.11 Å². The maximum Gasteiger partial charge on any atom is 0.354 e. The molecule has 1 heterocycles. The molecule has 0 aliphatic heterocycles. The Bertz CT molecular complexity index is 473. The number of carboxylic acids is 1. The number of hydrogen-bond donors (Lipinski definition) is 3. The van der Waals surface area contributed by atoms with Crippen molar-refractivity contribution in [1.82, 2.24) is 9.88 Å². The van der Waals surface area contributed by atoms with Crippen LogP contribution in [0.25, 0.3) is 0 Å². The zero-order valence-electron chi connectivity index (χ0n) is 11.5. The molecule has 1 unspecified atom stereocenters. The van der Waals surface area contributed by atoms with Crippen molar-refractivity contribution >= 4 is 29.4 Å². The van der Waals surface area contributed by atoms with Gasteiger partial charge in [-0.25, -0.2) is 9.59 Å². The first-order chi connectivity index (χ1) is 8.86. The number of aromatic nitrogens is 1. The third-order valence-electron chi connectivity index (χ3n) is 2.80. The van der Waals surface area contributed by atoms with Crippen molar-refractivity contribution in [3.63, 3.8) is 0 Å². The topological polar surface area (TPSA) is 85.4 Å². The lowest BCUT2D eigenvalue weighted by Crippen LogP contribution is -2.39. The van der Waals surface area contributed by atoms with E-state index in [1.807, 2.05) is 13.2 Å². The largest absolute Gasteiger partial charge is 0.477 e. The second-order valence-corrected chi connectivity index (χ2v) is 5.30. The van der Waals surface area contributed by atoms with Crippen LogP contribution in [0.2, 0.25) is 0 Å². The number of H-pyrrole nitrogens is 1. The summed E-state index contributed by atoms with van der Waals surface area (Å²) in [5.41, 5.74) is 0.975. The van der Waals surface area contributed by atoms with Gasteiger partial charge in [0, 0.05) is 24.5 Å². The zero-order valence-corrected chi connectivity index (χ0v) is 12.3. The molecular weight excluding hydrogens is 266 g/mol. The Morgan fingerprint density at radius 1 is 1.58 bits per heavy atom. The molecule has 0 radical (unpaired) electrons. The van der Waals surface area contributed by atoms with Crippen molar-refractivity contribution in [3.05, 3.63) is 17.5 Å². The summed E-state index contributed by atoms with van der Waals surface area (Å²) < 4.78 is 0. The highest BCUT2D eigenvalue weighted by Crippen LogP contribution is 2.17. The minimum absolute atomic E-state index is 0.00299. The first-order valence-corrected chi connectivity index (χ1v) is 7.21. The summed E-state index contributed by atoms with van der Waals surface area (Å²) in [7, 11) is 1.69. The number of amides is 2. The number of carbonyl (C=O) groups is 2. The predicted octanol–water partition coefficient (Wildman–Crippen LogP) is 2.24. The summed E-state index contributed by atoms with van der Waals surface area (Å²) in [5.74, 6) is -0.273. The number of aryl methyl sites for hydroxylation is 1. The summed E-state index contributed by atoms with van der Waals surface area (Å²) in [6.07, 6.45) is 1.97. The van der Waals surface area contributed by atoms with Gasteiger partial charge in [-0.15, -0.1) is 0 Å². The van der Waals surface area contributed by atoms with Gasteiger partial charge in [0.15, 0.2) is 0 Å². The van der Waals surface area contributed by atoms with Crippen LogP contribution in [0.5, 0.6) is 0 Å². The number of carboxylic acid groups (broad SMARTS) is 1. The quantitative estimate of drug-likeness (QED) is 0.774. The van der Waals surface area contributed by atoms with E-state index in [0.717, 1.165) is 5.75 Å². The van der Waals surface area contributed by atoms with Gasteiger partial charge in [-0.1, -0.05) is 0 Å². The minimum atomic E-state index is -1.09. The highest BCUT2D eigenvalue weighted by molar-refractivity contribution is 7.98. The molecule has 0 aliphatic rings. The van der Waals surface area contributed by atoms with Crippen molar-refractivity contribution in [2.24, 2.45) is 0 Å². The molecule has 1 rings (SSSR count). The SMILES string of the molecule is CSCC(C)N(C)C(=O)Nc1cc(C)[nH]c1C(=O)O. The van der Waals surface area contributed by atoms with Crippen LogP contribution < -0.4 is 5.32 Å². The number of hydrogen-bond acceptors (Lipinski definition) is 3. The average molecular weight is 285 g/mol. The molecule has 3 N–H and O–H groups in total. The number of anilines is 1. The van der Waals surface area contributed by atoms with Crippen LogP contribution in [0, 0.1) is 6.92 Å².